The SMILES string of the molecule is c1ccc(-c2ccc(-c3ccccc3-c3ccc(N(c4ccc(-c5ccc(-c6ccc7ccccc7c6)cc5)cc4)c4ccc(-c5ccccc5)c5oc6ccccc6c45)cc3)cc2)cc1. The molecule has 0 aliphatic heterocycles. The first-order valence-electron chi connectivity index (χ1n) is 22.6. The largest absolute Gasteiger partial charge is 0.455 e. The maximum atomic E-state index is 6.78. The number of benzene rings is 11. The third-order valence-corrected chi connectivity index (χ3v) is 12.9. The van der Waals surface area contributed by atoms with Crippen LogP contribution in [0, 0.1) is 0 Å². The van der Waals surface area contributed by atoms with Gasteiger partial charge in [-0.15, -0.1) is 0 Å². The van der Waals surface area contributed by atoms with Gasteiger partial charge in [-0.25, -0.2) is 0 Å². The van der Waals surface area contributed by atoms with Crippen molar-refractivity contribution >= 4 is 49.8 Å². The van der Waals surface area contributed by atoms with Crippen LogP contribution in [-0.4, -0.2) is 0 Å². The van der Waals surface area contributed by atoms with E-state index in [1.807, 2.05) is 6.07 Å². The number of hydrogen-bond acceptors (Lipinski definition) is 2. The molecule has 2 nitrogen and oxygen atoms in total. The highest BCUT2D eigenvalue weighted by Crippen LogP contribution is 2.47. The highest BCUT2D eigenvalue weighted by atomic mass is 16.3. The summed E-state index contributed by atoms with van der Waals surface area (Å²) in [6.07, 6.45) is 0. The summed E-state index contributed by atoms with van der Waals surface area (Å²) in [6.45, 7) is 0. The van der Waals surface area contributed by atoms with Gasteiger partial charge in [-0.05, 0) is 121 Å². The molecule has 0 N–H and O–H groups in total. The van der Waals surface area contributed by atoms with Crippen molar-refractivity contribution in [2.45, 2.75) is 0 Å². The average molecular weight is 842 g/mol. The Hall–Kier alpha value is -8.72. The fourth-order valence-electron chi connectivity index (χ4n) is 9.55. The molecular formula is C64H43NO. The second-order valence-corrected chi connectivity index (χ2v) is 16.9. The second-order valence-electron chi connectivity index (χ2n) is 16.9. The predicted octanol–water partition coefficient (Wildman–Crippen LogP) is 18.2. The molecule has 0 saturated heterocycles. The number of furan rings is 1. The summed E-state index contributed by atoms with van der Waals surface area (Å²) in [5.74, 6) is 0. The molecule has 0 aliphatic rings. The van der Waals surface area contributed by atoms with E-state index in [2.05, 4.69) is 260 Å². The zero-order valence-corrected chi connectivity index (χ0v) is 36.2. The lowest BCUT2D eigenvalue weighted by molar-refractivity contribution is 0.670. The van der Waals surface area contributed by atoms with Gasteiger partial charge in [0.15, 0.2) is 0 Å². The van der Waals surface area contributed by atoms with Crippen LogP contribution >= 0.6 is 0 Å². The number of hydrogen-bond donors (Lipinski definition) is 0. The van der Waals surface area contributed by atoms with Gasteiger partial charge in [0, 0.05) is 22.3 Å². The molecule has 0 amide bonds. The molecule has 0 radical (unpaired) electrons. The Morgan fingerprint density at radius 3 is 1.32 bits per heavy atom. The van der Waals surface area contributed by atoms with Crippen LogP contribution in [0.15, 0.2) is 265 Å². The van der Waals surface area contributed by atoms with Gasteiger partial charge in [0.2, 0.25) is 0 Å². The Balaban J connectivity index is 0.944. The molecule has 310 valence electrons. The maximum absolute atomic E-state index is 6.78. The fraction of sp³-hybridized carbons (Fsp3) is 0. The van der Waals surface area contributed by atoms with E-state index in [9.17, 15) is 0 Å². The van der Waals surface area contributed by atoms with Crippen LogP contribution in [0.1, 0.15) is 0 Å². The molecule has 0 fully saturated rings. The van der Waals surface area contributed by atoms with Crippen LogP contribution < -0.4 is 4.90 Å². The molecule has 1 heterocycles. The molecule has 2 heteroatoms. The van der Waals surface area contributed by atoms with Crippen molar-refractivity contribution in [1.82, 2.24) is 0 Å². The van der Waals surface area contributed by atoms with Gasteiger partial charge in [-0.3, -0.25) is 0 Å². The van der Waals surface area contributed by atoms with E-state index in [1.165, 1.54) is 55.3 Å². The minimum atomic E-state index is 0.864. The van der Waals surface area contributed by atoms with E-state index in [0.717, 1.165) is 61.3 Å². The number of fused-ring (bicyclic) bond motifs is 4. The molecular weight excluding hydrogens is 799 g/mol. The second kappa shape index (κ2) is 16.8. The van der Waals surface area contributed by atoms with Gasteiger partial charge in [-0.2, -0.15) is 0 Å². The van der Waals surface area contributed by atoms with E-state index in [4.69, 9.17) is 4.42 Å². The van der Waals surface area contributed by atoms with E-state index >= 15 is 0 Å². The van der Waals surface area contributed by atoms with Gasteiger partial charge in [-0.1, -0.05) is 212 Å². The first-order valence-corrected chi connectivity index (χ1v) is 22.6. The summed E-state index contributed by atoms with van der Waals surface area (Å²) in [5, 5.41) is 4.66. The van der Waals surface area contributed by atoms with E-state index in [0.29, 0.717) is 0 Å². The van der Waals surface area contributed by atoms with Gasteiger partial charge in [0.05, 0.1) is 11.1 Å². The molecule has 12 rings (SSSR count). The first-order chi connectivity index (χ1) is 32.7. The Bertz CT molecular complexity index is 3650. The van der Waals surface area contributed by atoms with E-state index in [-0.39, 0.29) is 0 Å². The first kappa shape index (κ1) is 38.9. The van der Waals surface area contributed by atoms with Crippen LogP contribution in [0.3, 0.4) is 0 Å². The van der Waals surface area contributed by atoms with Crippen LogP contribution in [0.2, 0.25) is 0 Å². The number of nitrogens with zero attached hydrogens (tertiary/aromatic N) is 1. The Labute approximate surface area is 384 Å². The molecule has 0 spiro atoms. The highest BCUT2D eigenvalue weighted by molar-refractivity contribution is 6.17. The van der Waals surface area contributed by atoms with Gasteiger partial charge in [0.25, 0.3) is 0 Å². The molecule has 66 heavy (non-hydrogen) atoms. The van der Waals surface area contributed by atoms with Crippen molar-refractivity contribution in [1.29, 1.82) is 0 Å². The topological polar surface area (TPSA) is 16.4 Å². The van der Waals surface area contributed by atoms with Crippen molar-refractivity contribution in [3.63, 3.8) is 0 Å². The molecule has 0 atom stereocenters. The van der Waals surface area contributed by atoms with Gasteiger partial charge < -0.3 is 9.32 Å². The Morgan fingerprint density at radius 1 is 0.273 bits per heavy atom. The van der Waals surface area contributed by atoms with E-state index < -0.39 is 0 Å². The quantitative estimate of drug-likeness (QED) is 0.144. The van der Waals surface area contributed by atoms with Crippen molar-refractivity contribution in [3.8, 4) is 66.8 Å². The number of rotatable bonds is 9. The van der Waals surface area contributed by atoms with Crippen LogP contribution in [-0.2, 0) is 0 Å². The smallest absolute Gasteiger partial charge is 0.145 e. The zero-order chi connectivity index (χ0) is 43.8. The van der Waals surface area contributed by atoms with Crippen molar-refractivity contribution in [2.75, 3.05) is 4.90 Å². The average Bonchev–Trinajstić information content (AvgIpc) is 3.80. The lowest BCUT2D eigenvalue weighted by Crippen LogP contribution is -2.10. The lowest BCUT2D eigenvalue weighted by atomic mass is 9.93. The predicted molar refractivity (Wildman–Crippen MR) is 279 cm³/mol. The molecule has 0 aliphatic carbocycles. The third kappa shape index (κ3) is 7.21. The Morgan fingerprint density at radius 2 is 0.697 bits per heavy atom. The molecule has 0 saturated carbocycles. The maximum Gasteiger partial charge on any atom is 0.145 e. The van der Waals surface area contributed by atoms with Crippen LogP contribution in [0.4, 0.5) is 17.1 Å². The monoisotopic (exact) mass is 841 g/mol. The molecule has 12 aromatic rings. The molecule has 11 aromatic carbocycles. The highest BCUT2D eigenvalue weighted by Gasteiger charge is 2.22. The molecule has 1 aromatic heterocycles. The van der Waals surface area contributed by atoms with Crippen LogP contribution in [0.25, 0.3) is 99.5 Å². The molecule has 0 bridgehead atoms. The third-order valence-electron chi connectivity index (χ3n) is 12.9. The van der Waals surface area contributed by atoms with Gasteiger partial charge in [0.1, 0.15) is 11.2 Å². The van der Waals surface area contributed by atoms with Crippen LogP contribution in [0.5, 0.6) is 0 Å². The summed E-state index contributed by atoms with van der Waals surface area (Å²) in [4.78, 5) is 2.38. The summed E-state index contributed by atoms with van der Waals surface area (Å²) >= 11 is 0. The number of anilines is 3. The van der Waals surface area contributed by atoms with Crippen molar-refractivity contribution in [3.05, 3.63) is 261 Å². The molecule has 0 unspecified atom stereocenters. The summed E-state index contributed by atoms with van der Waals surface area (Å²) in [7, 11) is 0. The minimum absolute atomic E-state index is 0.864. The summed E-state index contributed by atoms with van der Waals surface area (Å²) in [6, 6.07) is 93.7. The summed E-state index contributed by atoms with van der Waals surface area (Å²) < 4.78 is 6.78. The standard InChI is InChI=1S/C64H43NO/c1-3-13-44(14-4-1)46-27-30-51(31-28-46)57-19-9-10-20-58(57)52-35-39-56(40-36-52)65(61-42-41-59(50-16-5-2-6-17-50)64-63(61)60-21-11-12-22-62(60)66-64)55-37-33-48(34-38-55)47-23-25-49(26-24-47)54-32-29-45-15-7-8-18-53(45)43-54/h1-43H. The van der Waals surface area contributed by atoms with Gasteiger partial charge >= 0.3 is 0 Å². The lowest BCUT2D eigenvalue weighted by Gasteiger charge is -2.27. The number of para-hydroxylation sites is 1. The van der Waals surface area contributed by atoms with Crippen molar-refractivity contribution in [2.24, 2.45) is 0 Å². The summed E-state index contributed by atoms with van der Waals surface area (Å²) in [5.41, 5.74) is 19.0. The zero-order valence-electron chi connectivity index (χ0n) is 36.2. The normalized spacial score (nSPS) is 11.3. The van der Waals surface area contributed by atoms with E-state index in [1.54, 1.807) is 0 Å². The fourth-order valence-corrected chi connectivity index (χ4v) is 9.55. The Kier molecular flexibility index (Phi) is 9.89. The minimum Gasteiger partial charge on any atom is -0.455 e. The van der Waals surface area contributed by atoms with Crippen molar-refractivity contribution < 1.29 is 4.42 Å².